The van der Waals surface area contributed by atoms with Crippen molar-refractivity contribution in [1.29, 1.82) is 0 Å². The number of ether oxygens (including phenoxy) is 2. The fraction of sp³-hybridized carbons (Fsp3) is 0.684. The molecule has 136 valence electrons. The third-order valence-electron chi connectivity index (χ3n) is 4.50. The Morgan fingerprint density at radius 1 is 1.17 bits per heavy atom. The quantitative estimate of drug-likeness (QED) is 0.647. The minimum absolute atomic E-state index is 0.357. The molecule has 0 saturated carbocycles. The smallest absolute Gasteiger partial charge is 0.119 e. The summed E-state index contributed by atoms with van der Waals surface area (Å²) in [7, 11) is 4.17. The van der Waals surface area contributed by atoms with Gasteiger partial charge in [0.25, 0.3) is 0 Å². The van der Waals surface area contributed by atoms with E-state index in [1.807, 2.05) is 0 Å². The van der Waals surface area contributed by atoms with Crippen molar-refractivity contribution in [2.45, 2.75) is 26.3 Å². The second-order valence-electron chi connectivity index (χ2n) is 6.57. The number of morpholine rings is 1. The third-order valence-corrected chi connectivity index (χ3v) is 4.50. The van der Waals surface area contributed by atoms with Crippen molar-refractivity contribution < 1.29 is 9.47 Å². The molecule has 0 N–H and O–H groups in total. The first-order chi connectivity index (χ1) is 11.6. The van der Waals surface area contributed by atoms with Gasteiger partial charge in [-0.1, -0.05) is 19.1 Å². The van der Waals surface area contributed by atoms with Gasteiger partial charge in [-0.15, -0.1) is 0 Å². The number of hydrogen-bond acceptors (Lipinski definition) is 5. The summed E-state index contributed by atoms with van der Waals surface area (Å²) in [6, 6.07) is 8.92. The van der Waals surface area contributed by atoms with E-state index >= 15 is 0 Å². The molecule has 1 heterocycles. The largest absolute Gasteiger partial charge is 0.494 e. The van der Waals surface area contributed by atoms with Crippen molar-refractivity contribution in [2.24, 2.45) is 0 Å². The molecule has 0 spiro atoms. The van der Waals surface area contributed by atoms with Gasteiger partial charge in [-0.25, -0.2) is 10.0 Å². The molecule has 1 aromatic carbocycles. The van der Waals surface area contributed by atoms with Crippen LogP contribution in [0, 0.1) is 0 Å². The van der Waals surface area contributed by atoms with Gasteiger partial charge in [-0.3, -0.25) is 0 Å². The highest BCUT2D eigenvalue weighted by Crippen LogP contribution is 2.24. The lowest BCUT2D eigenvalue weighted by Crippen LogP contribution is -2.49. The van der Waals surface area contributed by atoms with E-state index in [9.17, 15) is 0 Å². The molecule has 24 heavy (non-hydrogen) atoms. The Hall–Kier alpha value is -1.14. The zero-order valence-electron chi connectivity index (χ0n) is 15.7. The molecule has 0 aromatic heterocycles. The van der Waals surface area contributed by atoms with Crippen LogP contribution in [0.2, 0.25) is 0 Å². The first kappa shape index (κ1) is 19.2. The van der Waals surface area contributed by atoms with Crippen LogP contribution in [0.4, 0.5) is 0 Å². The maximum absolute atomic E-state index is 5.83. The van der Waals surface area contributed by atoms with Crippen LogP contribution in [-0.4, -0.2) is 75.0 Å². The Bertz CT molecular complexity index is 458. The van der Waals surface area contributed by atoms with Gasteiger partial charge in [0.1, 0.15) is 5.75 Å². The molecule has 5 heteroatoms. The molecule has 0 amide bonds. The van der Waals surface area contributed by atoms with E-state index in [2.05, 4.69) is 67.1 Å². The summed E-state index contributed by atoms with van der Waals surface area (Å²) in [5.41, 5.74) is 1.32. The summed E-state index contributed by atoms with van der Waals surface area (Å²) in [6.45, 7) is 10.9. The van der Waals surface area contributed by atoms with Crippen molar-refractivity contribution in [3.05, 3.63) is 29.8 Å². The highest BCUT2D eigenvalue weighted by atomic mass is 16.5. The van der Waals surface area contributed by atoms with Crippen molar-refractivity contribution in [3.63, 3.8) is 0 Å². The molecule has 1 saturated heterocycles. The predicted molar refractivity (Wildman–Crippen MR) is 98.3 cm³/mol. The van der Waals surface area contributed by atoms with Gasteiger partial charge in [-0.2, -0.15) is 0 Å². The Balaban J connectivity index is 1.88. The topological polar surface area (TPSA) is 28.2 Å². The molecule has 0 aliphatic carbocycles. The van der Waals surface area contributed by atoms with Crippen LogP contribution in [0.25, 0.3) is 0 Å². The Labute approximate surface area is 147 Å². The monoisotopic (exact) mass is 335 g/mol. The number of hydrogen-bond donors (Lipinski definition) is 0. The van der Waals surface area contributed by atoms with Gasteiger partial charge < -0.3 is 14.4 Å². The molecule has 0 radical (unpaired) electrons. The third kappa shape index (κ3) is 5.74. The average molecular weight is 335 g/mol. The van der Waals surface area contributed by atoms with E-state index < -0.39 is 0 Å². The minimum atomic E-state index is 0.357. The maximum Gasteiger partial charge on any atom is 0.119 e. The van der Waals surface area contributed by atoms with E-state index in [1.165, 1.54) is 5.56 Å². The standard InChI is InChI=1S/C19H33N3O2/c1-5-22(21-12-15-23-16-13-21)17(2)18-7-9-19(10-8-18)24-14-6-11-20(3)4/h7-10,17H,5-6,11-16H2,1-4H3. The summed E-state index contributed by atoms with van der Waals surface area (Å²) in [5, 5.41) is 4.86. The molecular formula is C19H33N3O2. The van der Waals surface area contributed by atoms with Crippen molar-refractivity contribution in [3.8, 4) is 5.75 Å². The SMILES string of the molecule is CCN(C(C)c1ccc(OCCCN(C)C)cc1)N1CCOCC1. The molecule has 1 aromatic rings. The van der Waals surface area contributed by atoms with Crippen LogP contribution >= 0.6 is 0 Å². The number of rotatable bonds is 9. The van der Waals surface area contributed by atoms with Gasteiger partial charge in [0.15, 0.2) is 0 Å². The molecule has 1 aliphatic rings. The zero-order chi connectivity index (χ0) is 17.4. The summed E-state index contributed by atoms with van der Waals surface area (Å²) in [4.78, 5) is 2.18. The Morgan fingerprint density at radius 2 is 1.83 bits per heavy atom. The van der Waals surface area contributed by atoms with Crippen LogP contribution < -0.4 is 4.74 Å². The number of benzene rings is 1. The molecule has 1 aliphatic heterocycles. The normalized spacial score (nSPS) is 17.4. The second-order valence-corrected chi connectivity index (χ2v) is 6.57. The molecule has 5 nitrogen and oxygen atoms in total. The van der Waals surface area contributed by atoms with Gasteiger partial charge in [-0.05, 0) is 45.1 Å². The molecule has 2 rings (SSSR count). The van der Waals surface area contributed by atoms with E-state index in [1.54, 1.807) is 0 Å². The average Bonchev–Trinajstić information content (AvgIpc) is 2.60. The van der Waals surface area contributed by atoms with Crippen LogP contribution in [0.5, 0.6) is 5.75 Å². The maximum atomic E-state index is 5.83. The van der Waals surface area contributed by atoms with Crippen molar-refractivity contribution in [2.75, 3.05) is 60.1 Å². The summed E-state index contributed by atoms with van der Waals surface area (Å²) >= 11 is 0. The summed E-state index contributed by atoms with van der Waals surface area (Å²) in [5.74, 6) is 0.958. The fourth-order valence-electron chi connectivity index (χ4n) is 3.11. The zero-order valence-corrected chi connectivity index (χ0v) is 15.7. The lowest BCUT2D eigenvalue weighted by Gasteiger charge is -2.40. The highest BCUT2D eigenvalue weighted by molar-refractivity contribution is 5.29. The molecule has 0 bridgehead atoms. The highest BCUT2D eigenvalue weighted by Gasteiger charge is 2.22. The first-order valence-electron chi connectivity index (χ1n) is 9.08. The van der Waals surface area contributed by atoms with Crippen molar-refractivity contribution >= 4 is 0 Å². The Morgan fingerprint density at radius 3 is 2.42 bits per heavy atom. The lowest BCUT2D eigenvalue weighted by molar-refractivity contribution is -0.108. The molecular weight excluding hydrogens is 302 g/mol. The lowest BCUT2D eigenvalue weighted by atomic mass is 10.1. The van der Waals surface area contributed by atoms with E-state index in [4.69, 9.17) is 9.47 Å². The minimum Gasteiger partial charge on any atom is -0.494 e. The fourth-order valence-corrected chi connectivity index (χ4v) is 3.11. The molecule has 1 atom stereocenters. The van der Waals surface area contributed by atoms with E-state index in [-0.39, 0.29) is 0 Å². The van der Waals surface area contributed by atoms with Crippen LogP contribution in [-0.2, 0) is 4.74 Å². The predicted octanol–water partition coefficient (Wildman–Crippen LogP) is 2.65. The van der Waals surface area contributed by atoms with Crippen molar-refractivity contribution in [1.82, 2.24) is 14.9 Å². The Kier molecular flexibility index (Phi) is 7.99. The number of nitrogens with zero attached hydrogens (tertiary/aromatic N) is 3. The summed E-state index contributed by atoms with van der Waals surface area (Å²) in [6.07, 6.45) is 1.05. The summed E-state index contributed by atoms with van der Waals surface area (Å²) < 4.78 is 11.3. The van der Waals surface area contributed by atoms with Crippen LogP contribution in [0.1, 0.15) is 31.9 Å². The van der Waals surface area contributed by atoms with Gasteiger partial charge in [0.05, 0.1) is 19.8 Å². The molecule has 1 unspecified atom stereocenters. The molecule has 1 fully saturated rings. The van der Waals surface area contributed by atoms with Crippen LogP contribution in [0.3, 0.4) is 0 Å². The van der Waals surface area contributed by atoms with Gasteiger partial charge >= 0.3 is 0 Å². The first-order valence-corrected chi connectivity index (χ1v) is 9.08. The van der Waals surface area contributed by atoms with Gasteiger partial charge in [0.2, 0.25) is 0 Å². The van der Waals surface area contributed by atoms with E-state index in [0.29, 0.717) is 6.04 Å². The second kappa shape index (κ2) is 9.99. The number of hydrazine groups is 1. The van der Waals surface area contributed by atoms with Crippen LogP contribution in [0.15, 0.2) is 24.3 Å². The van der Waals surface area contributed by atoms with Gasteiger partial charge in [0, 0.05) is 32.2 Å². The van der Waals surface area contributed by atoms with E-state index in [0.717, 1.165) is 58.2 Å².